The molecule has 0 unspecified atom stereocenters. The Morgan fingerprint density at radius 3 is 2.32 bits per heavy atom. The normalized spacial score (nSPS) is 15.3. The Balaban J connectivity index is 1.40. The Hall–Kier alpha value is -4.29. The standard InChI is InChI=1S/C32H28N2O3S/c1-23-10-9-13-26(18-23)22-37-28-17-16-25(19-29(28)36-2)20-30-31(35)34(21-24-11-5-3-6-12-24)32(38-30)33-27-14-7-4-8-15-27/h3-20H,21-22H2,1-2H3/b30-20+,33-32?. The van der Waals surface area contributed by atoms with Crippen LogP contribution >= 0.6 is 11.8 Å². The van der Waals surface area contributed by atoms with Gasteiger partial charge in [-0.2, -0.15) is 0 Å². The molecule has 0 bridgehead atoms. The number of thioether (sulfide) groups is 1. The zero-order chi connectivity index (χ0) is 26.3. The van der Waals surface area contributed by atoms with Crippen LogP contribution in [-0.2, 0) is 17.9 Å². The van der Waals surface area contributed by atoms with Crippen molar-refractivity contribution in [3.05, 3.63) is 130 Å². The number of methoxy groups -OCH3 is 1. The Labute approximate surface area is 227 Å². The van der Waals surface area contributed by atoms with Gasteiger partial charge in [-0.3, -0.25) is 9.69 Å². The van der Waals surface area contributed by atoms with Gasteiger partial charge < -0.3 is 9.47 Å². The highest BCUT2D eigenvalue weighted by Gasteiger charge is 2.33. The molecule has 6 heteroatoms. The second kappa shape index (κ2) is 11.8. The Bertz CT molecular complexity index is 1480. The predicted molar refractivity (Wildman–Crippen MR) is 155 cm³/mol. The van der Waals surface area contributed by atoms with Gasteiger partial charge in [0.2, 0.25) is 0 Å². The first-order valence-corrected chi connectivity index (χ1v) is 13.2. The van der Waals surface area contributed by atoms with Crippen molar-refractivity contribution >= 4 is 34.6 Å². The van der Waals surface area contributed by atoms with Crippen molar-refractivity contribution in [3.63, 3.8) is 0 Å². The minimum atomic E-state index is -0.0766. The smallest absolute Gasteiger partial charge is 0.267 e. The number of aryl methyl sites for hydroxylation is 1. The molecule has 1 fully saturated rings. The lowest BCUT2D eigenvalue weighted by atomic mass is 10.1. The van der Waals surface area contributed by atoms with Crippen molar-refractivity contribution in [2.75, 3.05) is 7.11 Å². The van der Waals surface area contributed by atoms with Gasteiger partial charge in [0, 0.05) is 0 Å². The molecule has 0 aliphatic carbocycles. The summed E-state index contributed by atoms with van der Waals surface area (Å²) in [6.45, 7) is 2.96. The number of amidine groups is 1. The number of aliphatic imine (C=N–C) groups is 1. The van der Waals surface area contributed by atoms with Crippen LogP contribution in [-0.4, -0.2) is 23.1 Å². The van der Waals surface area contributed by atoms with Crippen molar-refractivity contribution in [3.8, 4) is 11.5 Å². The molecule has 0 spiro atoms. The molecule has 0 atom stereocenters. The molecular formula is C32H28N2O3S. The van der Waals surface area contributed by atoms with E-state index < -0.39 is 0 Å². The second-order valence-corrected chi connectivity index (χ2v) is 9.91. The summed E-state index contributed by atoms with van der Waals surface area (Å²) in [6, 6.07) is 33.6. The first kappa shape index (κ1) is 25.4. The molecule has 0 N–H and O–H groups in total. The topological polar surface area (TPSA) is 51.1 Å². The Kier molecular flexibility index (Phi) is 7.90. The number of ether oxygens (including phenoxy) is 2. The Morgan fingerprint density at radius 2 is 1.58 bits per heavy atom. The van der Waals surface area contributed by atoms with Crippen LogP contribution in [0.2, 0.25) is 0 Å². The molecule has 5 rings (SSSR count). The van der Waals surface area contributed by atoms with Gasteiger partial charge in [-0.15, -0.1) is 0 Å². The molecule has 1 aliphatic heterocycles. The number of benzene rings is 4. The molecule has 5 nitrogen and oxygen atoms in total. The average molecular weight is 521 g/mol. The number of carbonyl (C=O) groups excluding carboxylic acids is 1. The SMILES string of the molecule is COc1cc(/C=C2/SC(=Nc3ccccc3)N(Cc3ccccc3)C2=O)ccc1OCc1cccc(C)c1. The summed E-state index contributed by atoms with van der Waals surface area (Å²) < 4.78 is 11.6. The minimum Gasteiger partial charge on any atom is -0.493 e. The van der Waals surface area contributed by atoms with Gasteiger partial charge in [-0.1, -0.05) is 84.4 Å². The maximum atomic E-state index is 13.5. The summed E-state index contributed by atoms with van der Waals surface area (Å²) in [5.74, 6) is 1.19. The fourth-order valence-corrected chi connectivity index (χ4v) is 5.12. The van der Waals surface area contributed by atoms with Gasteiger partial charge >= 0.3 is 0 Å². The van der Waals surface area contributed by atoms with Crippen LogP contribution in [0.25, 0.3) is 6.08 Å². The number of nitrogens with zero attached hydrogens (tertiary/aromatic N) is 2. The van der Waals surface area contributed by atoms with E-state index in [1.54, 1.807) is 12.0 Å². The fraction of sp³-hybridized carbons (Fsp3) is 0.125. The third kappa shape index (κ3) is 6.15. The van der Waals surface area contributed by atoms with Crippen LogP contribution in [0.15, 0.2) is 113 Å². The van der Waals surface area contributed by atoms with Crippen LogP contribution < -0.4 is 9.47 Å². The van der Waals surface area contributed by atoms with Gasteiger partial charge in [-0.05, 0) is 65.7 Å². The summed E-state index contributed by atoms with van der Waals surface area (Å²) in [5, 5.41) is 0.654. The van der Waals surface area contributed by atoms with Gasteiger partial charge in [0.05, 0.1) is 24.2 Å². The van der Waals surface area contributed by atoms with E-state index in [9.17, 15) is 4.79 Å². The van der Waals surface area contributed by atoms with Gasteiger partial charge in [0.15, 0.2) is 16.7 Å². The van der Waals surface area contributed by atoms with Crippen LogP contribution in [0.1, 0.15) is 22.3 Å². The molecule has 0 radical (unpaired) electrons. The number of para-hydroxylation sites is 1. The summed E-state index contributed by atoms with van der Waals surface area (Å²) >= 11 is 1.38. The monoisotopic (exact) mass is 520 g/mol. The minimum absolute atomic E-state index is 0.0766. The summed E-state index contributed by atoms with van der Waals surface area (Å²) in [7, 11) is 1.62. The van der Waals surface area contributed by atoms with E-state index in [2.05, 4.69) is 19.1 Å². The quantitative estimate of drug-likeness (QED) is 0.227. The van der Waals surface area contributed by atoms with E-state index in [-0.39, 0.29) is 5.91 Å². The highest BCUT2D eigenvalue weighted by Crippen LogP contribution is 2.37. The number of hydrogen-bond donors (Lipinski definition) is 0. The Morgan fingerprint density at radius 1 is 0.842 bits per heavy atom. The number of amides is 1. The number of carbonyl (C=O) groups is 1. The van der Waals surface area contributed by atoms with Gasteiger partial charge in [0.25, 0.3) is 5.91 Å². The molecule has 4 aromatic carbocycles. The highest BCUT2D eigenvalue weighted by atomic mass is 32.2. The maximum absolute atomic E-state index is 13.5. The molecule has 4 aromatic rings. The summed E-state index contributed by atoms with van der Waals surface area (Å²) in [6.07, 6.45) is 1.88. The van der Waals surface area contributed by atoms with Gasteiger partial charge in [-0.25, -0.2) is 4.99 Å². The fourth-order valence-electron chi connectivity index (χ4n) is 4.12. The van der Waals surface area contributed by atoms with E-state index in [4.69, 9.17) is 14.5 Å². The van der Waals surface area contributed by atoms with E-state index in [1.807, 2.05) is 97.1 Å². The number of rotatable bonds is 8. The predicted octanol–water partition coefficient (Wildman–Crippen LogP) is 7.39. The molecular weight excluding hydrogens is 492 g/mol. The third-order valence-electron chi connectivity index (χ3n) is 6.01. The van der Waals surface area contributed by atoms with Crippen molar-refractivity contribution in [2.24, 2.45) is 4.99 Å². The van der Waals surface area contributed by atoms with Crippen LogP contribution in [0, 0.1) is 6.92 Å². The molecule has 190 valence electrons. The van der Waals surface area contributed by atoms with Crippen molar-refractivity contribution in [2.45, 2.75) is 20.1 Å². The van der Waals surface area contributed by atoms with E-state index >= 15 is 0 Å². The lowest BCUT2D eigenvalue weighted by Crippen LogP contribution is -2.28. The van der Waals surface area contributed by atoms with Crippen molar-refractivity contribution < 1.29 is 14.3 Å². The summed E-state index contributed by atoms with van der Waals surface area (Å²) in [5.41, 5.74) is 4.98. The van der Waals surface area contributed by atoms with E-state index in [0.29, 0.717) is 34.7 Å². The molecule has 0 saturated carbocycles. The van der Waals surface area contributed by atoms with Crippen molar-refractivity contribution in [1.82, 2.24) is 4.90 Å². The molecule has 38 heavy (non-hydrogen) atoms. The average Bonchev–Trinajstić information content (AvgIpc) is 3.22. The van der Waals surface area contributed by atoms with Crippen LogP contribution in [0.4, 0.5) is 5.69 Å². The molecule has 0 aromatic heterocycles. The molecule has 1 heterocycles. The zero-order valence-corrected chi connectivity index (χ0v) is 22.2. The highest BCUT2D eigenvalue weighted by molar-refractivity contribution is 8.18. The van der Waals surface area contributed by atoms with Crippen LogP contribution in [0.5, 0.6) is 11.5 Å². The maximum Gasteiger partial charge on any atom is 0.267 e. The van der Waals surface area contributed by atoms with E-state index in [0.717, 1.165) is 22.4 Å². The van der Waals surface area contributed by atoms with E-state index in [1.165, 1.54) is 17.3 Å². The first-order valence-electron chi connectivity index (χ1n) is 12.3. The van der Waals surface area contributed by atoms with Crippen LogP contribution in [0.3, 0.4) is 0 Å². The van der Waals surface area contributed by atoms with Gasteiger partial charge in [0.1, 0.15) is 6.61 Å². The first-order chi connectivity index (χ1) is 18.6. The lowest BCUT2D eigenvalue weighted by molar-refractivity contribution is -0.122. The number of hydrogen-bond acceptors (Lipinski definition) is 5. The van der Waals surface area contributed by atoms with Crippen molar-refractivity contribution in [1.29, 1.82) is 0 Å². The third-order valence-corrected chi connectivity index (χ3v) is 7.02. The largest absolute Gasteiger partial charge is 0.493 e. The molecule has 1 amide bonds. The lowest BCUT2D eigenvalue weighted by Gasteiger charge is -2.15. The second-order valence-electron chi connectivity index (χ2n) is 8.91. The molecule has 1 saturated heterocycles. The summed E-state index contributed by atoms with van der Waals surface area (Å²) in [4.78, 5) is 20.6. The molecule has 1 aliphatic rings. The zero-order valence-electron chi connectivity index (χ0n) is 21.3.